The van der Waals surface area contributed by atoms with Crippen LogP contribution in [0.15, 0.2) is 60.1 Å². The highest BCUT2D eigenvalue weighted by molar-refractivity contribution is 6.06. The van der Waals surface area contributed by atoms with Crippen LogP contribution >= 0.6 is 0 Å². The molecule has 3 aromatic rings. The Balaban J connectivity index is 1.47. The lowest BCUT2D eigenvalue weighted by atomic mass is 9.89. The fraction of sp³-hybridized carbons (Fsp3) is 0.250. The van der Waals surface area contributed by atoms with Gasteiger partial charge in [0.25, 0.3) is 0 Å². The predicted octanol–water partition coefficient (Wildman–Crippen LogP) is 3.65. The first-order valence-corrected chi connectivity index (χ1v) is 10.5. The molecule has 1 aromatic carbocycles. The van der Waals surface area contributed by atoms with Gasteiger partial charge in [-0.1, -0.05) is 18.2 Å². The lowest BCUT2D eigenvalue weighted by Gasteiger charge is -2.32. The lowest BCUT2D eigenvalue weighted by molar-refractivity contribution is -0.126. The van der Waals surface area contributed by atoms with Gasteiger partial charge >= 0.3 is 0 Å². The second-order valence-corrected chi connectivity index (χ2v) is 8.15. The topological polar surface area (TPSA) is 63.4 Å². The molecule has 4 heterocycles. The summed E-state index contributed by atoms with van der Waals surface area (Å²) in [7, 11) is 0. The van der Waals surface area contributed by atoms with Crippen molar-refractivity contribution >= 4 is 17.4 Å². The predicted molar refractivity (Wildman–Crippen MR) is 115 cm³/mol. The maximum atomic E-state index is 14.4. The Bertz CT molecular complexity index is 1270. The largest absolute Gasteiger partial charge is 0.310 e. The zero-order chi connectivity index (χ0) is 20.9. The fourth-order valence-electron chi connectivity index (χ4n) is 4.45. The van der Waals surface area contributed by atoms with Crippen LogP contribution in [0.5, 0.6) is 0 Å². The lowest BCUT2D eigenvalue weighted by Crippen LogP contribution is -2.36. The van der Waals surface area contributed by atoms with Crippen molar-refractivity contribution in [3.05, 3.63) is 77.9 Å². The van der Waals surface area contributed by atoms with Gasteiger partial charge in [-0.3, -0.25) is 14.4 Å². The van der Waals surface area contributed by atoms with Gasteiger partial charge in [-0.05, 0) is 42.5 Å². The average molecular weight is 413 g/mol. The Hall–Kier alpha value is -3.61. The van der Waals surface area contributed by atoms with Gasteiger partial charge in [0.2, 0.25) is 11.9 Å². The molecule has 1 saturated carbocycles. The zero-order valence-corrected chi connectivity index (χ0v) is 16.8. The van der Waals surface area contributed by atoms with Crippen LogP contribution in [0.2, 0.25) is 0 Å². The smallest absolute Gasteiger partial charge is 0.248 e. The number of carbonyl (C=O) groups excluding carboxylic acids is 1. The van der Waals surface area contributed by atoms with Crippen LogP contribution in [-0.4, -0.2) is 44.3 Å². The summed E-state index contributed by atoms with van der Waals surface area (Å²) in [5.74, 6) is 0.715. The summed E-state index contributed by atoms with van der Waals surface area (Å²) in [6.45, 7) is 0.634. The number of benzene rings is 1. The monoisotopic (exact) mass is 413 g/mol. The minimum atomic E-state index is -0.488. The normalized spacial score (nSPS) is 18.1. The summed E-state index contributed by atoms with van der Waals surface area (Å²) >= 11 is 0. The molecule has 6 rings (SSSR count). The minimum Gasteiger partial charge on any atom is -0.310 e. The molecular weight excluding hydrogens is 393 g/mol. The summed E-state index contributed by atoms with van der Waals surface area (Å²) < 4.78 is 16.3. The zero-order valence-electron chi connectivity index (χ0n) is 16.8. The van der Waals surface area contributed by atoms with E-state index in [1.807, 2.05) is 35.0 Å². The number of rotatable bonds is 2. The van der Waals surface area contributed by atoms with E-state index in [1.54, 1.807) is 23.4 Å². The molecule has 3 aliphatic rings. The molecule has 0 atom stereocenters. The van der Waals surface area contributed by atoms with Gasteiger partial charge in [0.15, 0.2) is 0 Å². The minimum absolute atomic E-state index is 0.0348. The van der Waals surface area contributed by atoms with Gasteiger partial charge in [0, 0.05) is 42.1 Å². The van der Waals surface area contributed by atoms with Crippen molar-refractivity contribution in [3.8, 4) is 11.1 Å². The number of imidazole rings is 1. The summed E-state index contributed by atoms with van der Waals surface area (Å²) in [6, 6.07) is 9.29. The average Bonchev–Trinajstić information content (AvgIpc) is 3.56. The Labute approximate surface area is 178 Å². The first-order chi connectivity index (χ1) is 15.2. The summed E-state index contributed by atoms with van der Waals surface area (Å²) in [6.07, 6.45) is 10.2. The van der Waals surface area contributed by atoms with Crippen LogP contribution in [0.1, 0.15) is 35.6 Å². The highest BCUT2D eigenvalue weighted by Gasteiger charge is 2.31. The second-order valence-electron chi connectivity index (χ2n) is 8.15. The van der Waals surface area contributed by atoms with E-state index in [2.05, 4.69) is 15.0 Å². The molecule has 6 nitrogen and oxygen atoms in total. The van der Waals surface area contributed by atoms with Gasteiger partial charge in [0.05, 0.1) is 11.4 Å². The van der Waals surface area contributed by atoms with E-state index in [1.165, 1.54) is 19.0 Å². The second kappa shape index (κ2) is 6.97. The molecule has 1 amide bonds. The maximum absolute atomic E-state index is 14.4. The fourth-order valence-corrected chi connectivity index (χ4v) is 4.45. The van der Waals surface area contributed by atoms with Crippen molar-refractivity contribution in [2.75, 3.05) is 13.1 Å². The van der Waals surface area contributed by atoms with Crippen molar-refractivity contribution in [3.63, 3.8) is 0 Å². The number of pyridine rings is 1. The van der Waals surface area contributed by atoms with E-state index >= 15 is 0 Å². The van der Waals surface area contributed by atoms with Crippen LogP contribution < -0.4 is 0 Å². The first-order valence-electron chi connectivity index (χ1n) is 10.5. The molecule has 0 radical (unpaired) electrons. The van der Waals surface area contributed by atoms with Crippen LogP contribution in [0.3, 0.4) is 0 Å². The van der Waals surface area contributed by atoms with Crippen molar-refractivity contribution in [1.82, 2.24) is 19.4 Å². The van der Waals surface area contributed by atoms with Crippen molar-refractivity contribution in [2.24, 2.45) is 4.99 Å². The highest BCUT2D eigenvalue weighted by atomic mass is 19.1. The van der Waals surface area contributed by atoms with Crippen LogP contribution in [0.25, 0.3) is 16.8 Å². The quantitative estimate of drug-likeness (QED) is 0.603. The van der Waals surface area contributed by atoms with Crippen molar-refractivity contribution in [2.45, 2.75) is 25.2 Å². The molecule has 0 N–H and O–H groups in total. The summed E-state index contributed by atoms with van der Waals surface area (Å²) in [5, 5.41) is 0. The van der Waals surface area contributed by atoms with E-state index < -0.39 is 5.95 Å². The molecule has 1 fully saturated rings. The van der Waals surface area contributed by atoms with Crippen LogP contribution in [0, 0.1) is 5.95 Å². The number of aliphatic imine (C=N–C) groups is 1. The molecule has 1 aliphatic carbocycles. The molecule has 0 bridgehead atoms. The third-order valence-corrected chi connectivity index (χ3v) is 6.18. The van der Waals surface area contributed by atoms with Gasteiger partial charge in [-0.2, -0.15) is 4.39 Å². The number of aromatic nitrogens is 3. The summed E-state index contributed by atoms with van der Waals surface area (Å²) in [4.78, 5) is 27.5. The SMILES string of the molecule is O=C1CN=C(n2cnc(C3CC3)c2)C=C2c3cccc(-c4cccnc4F)c3CCN12. The molecule has 7 heteroatoms. The first kappa shape index (κ1) is 18.2. The van der Waals surface area contributed by atoms with Crippen LogP contribution in [-0.2, 0) is 11.2 Å². The number of hydrogen-bond donors (Lipinski definition) is 0. The number of hydrogen-bond acceptors (Lipinski definition) is 4. The van der Waals surface area contributed by atoms with E-state index in [0.717, 1.165) is 28.1 Å². The number of carbonyl (C=O) groups is 1. The number of nitrogens with zero attached hydrogens (tertiary/aromatic N) is 5. The number of halogens is 1. The Kier molecular flexibility index (Phi) is 4.09. The van der Waals surface area contributed by atoms with Gasteiger partial charge in [0.1, 0.15) is 18.7 Å². The van der Waals surface area contributed by atoms with E-state index in [9.17, 15) is 9.18 Å². The van der Waals surface area contributed by atoms with Gasteiger partial charge in [-0.15, -0.1) is 0 Å². The Morgan fingerprint density at radius 3 is 2.71 bits per heavy atom. The molecule has 2 aromatic heterocycles. The Morgan fingerprint density at radius 1 is 1.03 bits per heavy atom. The third kappa shape index (κ3) is 3.08. The van der Waals surface area contributed by atoms with E-state index in [-0.39, 0.29) is 12.5 Å². The molecule has 31 heavy (non-hydrogen) atoms. The standard InChI is InChI=1S/C24H20FN5O/c25-24-19(5-2-9-26-24)16-3-1-4-18-17(16)8-10-30-21(18)11-22(27-12-23(30)31)29-13-20(28-14-29)15-6-7-15/h1-5,9,11,13-15H,6-8,10,12H2. The van der Waals surface area contributed by atoms with Gasteiger partial charge < -0.3 is 4.90 Å². The third-order valence-electron chi connectivity index (χ3n) is 6.18. The van der Waals surface area contributed by atoms with E-state index in [4.69, 9.17) is 0 Å². The highest BCUT2D eigenvalue weighted by Crippen LogP contribution is 2.39. The Morgan fingerprint density at radius 2 is 1.87 bits per heavy atom. The molecule has 154 valence electrons. The molecular formula is C24H20FN5O. The molecule has 0 unspecified atom stereocenters. The number of allylic oxidation sites excluding steroid dienone is 1. The molecule has 2 aliphatic heterocycles. The van der Waals surface area contributed by atoms with Crippen molar-refractivity contribution < 1.29 is 9.18 Å². The molecule has 0 saturated heterocycles. The van der Waals surface area contributed by atoms with Gasteiger partial charge in [-0.25, -0.2) is 9.97 Å². The number of amides is 1. The maximum Gasteiger partial charge on any atom is 0.248 e. The van der Waals surface area contributed by atoms with Crippen LogP contribution in [0.4, 0.5) is 4.39 Å². The van der Waals surface area contributed by atoms with Crippen molar-refractivity contribution in [1.29, 1.82) is 0 Å². The van der Waals surface area contributed by atoms with E-state index in [0.29, 0.717) is 30.3 Å². The number of fused-ring (bicyclic) bond motifs is 3. The molecule has 0 spiro atoms. The summed E-state index contributed by atoms with van der Waals surface area (Å²) in [5.41, 5.74) is 5.12.